The molecule has 1 aliphatic rings. The highest BCUT2D eigenvalue weighted by Gasteiger charge is 2.47. The number of hydrogen-bond donors (Lipinski definition) is 2. The molecule has 3 aromatic rings. The van der Waals surface area contributed by atoms with Gasteiger partial charge in [-0.15, -0.1) is 10.1 Å². The summed E-state index contributed by atoms with van der Waals surface area (Å²) in [6.45, 7) is 3.94. The van der Waals surface area contributed by atoms with Crippen molar-refractivity contribution in [3.8, 4) is 5.75 Å². The highest BCUT2D eigenvalue weighted by molar-refractivity contribution is 5.98. The first kappa shape index (κ1) is 21.3. The largest absolute Gasteiger partial charge is 0.497 e. The normalized spacial score (nSPS) is 19.0. The van der Waals surface area contributed by atoms with Crippen LogP contribution in [0, 0.1) is 13.8 Å². The van der Waals surface area contributed by atoms with Crippen LogP contribution in [0.15, 0.2) is 72.8 Å². The molecule has 0 radical (unpaired) electrons. The molecule has 1 fully saturated rings. The first-order valence-corrected chi connectivity index (χ1v) is 10.5. The van der Waals surface area contributed by atoms with Gasteiger partial charge in [-0.3, -0.25) is 9.59 Å². The molecular weight excluding hydrogens is 402 g/mol. The number of nitrogens with zero attached hydrogens (tertiary/aromatic N) is 1. The number of carbonyl (C=O) groups excluding carboxylic acids is 2. The monoisotopic (exact) mass is 428 g/mol. The summed E-state index contributed by atoms with van der Waals surface area (Å²) in [5.41, 5.74) is 7.36. The van der Waals surface area contributed by atoms with E-state index in [1.807, 2.05) is 86.8 Å². The third kappa shape index (κ3) is 4.54. The molecule has 3 aromatic carbocycles. The Hall–Kier alpha value is -3.93. The SMILES string of the molecule is COc1ccc(/C=[N+]2\NC(=O)[C@H](NC(=O)c3cccc(C)c3)[C@@H]2c2ccc(C)cc2)cc1. The van der Waals surface area contributed by atoms with Crippen LogP contribution >= 0.6 is 0 Å². The van der Waals surface area contributed by atoms with Crippen molar-refractivity contribution >= 4 is 18.0 Å². The molecule has 1 heterocycles. The minimum atomic E-state index is -0.750. The van der Waals surface area contributed by atoms with Gasteiger partial charge in [0.2, 0.25) is 12.3 Å². The molecule has 2 amide bonds. The average molecular weight is 429 g/mol. The van der Waals surface area contributed by atoms with Gasteiger partial charge in [-0.2, -0.15) is 0 Å². The van der Waals surface area contributed by atoms with E-state index in [1.54, 1.807) is 17.9 Å². The standard InChI is InChI=1S/C26H25N3O3/c1-17-7-11-20(12-8-17)24-23(27-25(30)21-6-4-5-18(2)15-21)26(31)28-29(24)16-19-9-13-22(32-3)14-10-19/h4-16,23-24H,1-3H3,(H-,27,28,30,31)/p+1/b29-16-/t23-,24+/m1/s1. The topological polar surface area (TPSA) is 70.4 Å². The summed E-state index contributed by atoms with van der Waals surface area (Å²) in [5, 5.41) is 2.94. The zero-order valence-electron chi connectivity index (χ0n) is 18.3. The number of hydrazine groups is 1. The lowest BCUT2D eigenvalue weighted by Crippen LogP contribution is -2.42. The Morgan fingerprint density at radius 3 is 2.38 bits per heavy atom. The summed E-state index contributed by atoms with van der Waals surface area (Å²) in [7, 11) is 1.62. The van der Waals surface area contributed by atoms with Crippen molar-refractivity contribution in [2.45, 2.75) is 25.9 Å². The van der Waals surface area contributed by atoms with E-state index in [9.17, 15) is 9.59 Å². The number of benzene rings is 3. The van der Waals surface area contributed by atoms with Crippen molar-refractivity contribution in [1.29, 1.82) is 0 Å². The van der Waals surface area contributed by atoms with Crippen molar-refractivity contribution in [1.82, 2.24) is 10.7 Å². The van der Waals surface area contributed by atoms with Crippen molar-refractivity contribution < 1.29 is 19.0 Å². The average Bonchev–Trinajstić information content (AvgIpc) is 3.09. The van der Waals surface area contributed by atoms with Gasteiger partial charge in [0.05, 0.1) is 7.11 Å². The predicted octanol–water partition coefficient (Wildman–Crippen LogP) is 3.33. The fraction of sp³-hybridized carbons (Fsp3) is 0.192. The van der Waals surface area contributed by atoms with E-state index >= 15 is 0 Å². The molecule has 0 unspecified atom stereocenters. The minimum Gasteiger partial charge on any atom is -0.497 e. The van der Waals surface area contributed by atoms with Crippen molar-refractivity contribution in [2.75, 3.05) is 7.11 Å². The summed E-state index contributed by atoms with van der Waals surface area (Å²) in [6.07, 6.45) is 1.86. The number of nitrogens with one attached hydrogen (secondary N) is 2. The fourth-order valence-corrected chi connectivity index (χ4v) is 3.81. The maximum absolute atomic E-state index is 13.0. The lowest BCUT2D eigenvalue weighted by molar-refractivity contribution is -0.596. The maximum atomic E-state index is 13.0. The van der Waals surface area contributed by atoms with Crippen LogP contribution in [-0.4, -0.2) is 35.9 Å². The van der Waals surface area contributed by atoms with Crippen LogP contribution in [0.4, 0.5) is 0 Å². The molecular formula is C26H26N3O3+. The smallest absolute Gasteiger partial charge is 0.304 e. The number of amides is 2. The van der Waals surface area contributed by atoms with Gasteiger partial charge in [0.15, 0.2) is 6.04 Å². The van der Waals surface area contributed by atoms with Crippen LogP contribution in [0.2, 0.25) is 0 Å². The molecule has 2 atom stereocenters. The number of carbonyl (C=O) groups is 2. The number of hydrogen-bond acceptors (Lipinski definition) is 3. The summed E-state index contributed by atoms with van der Waals surface area (Å²) in [4.78, 5) is 25.9. The van der Waals surface area contributed by atoms with Gasteiger partial charge in [0.25, 0.3) is 5.91 Å². The van der Waals surface area contributed by atoms with Gasteiger partial charge in [0.1, 0.15) is 5.75 Å². The van der Waals surface area contributed by atoms with E-state index in [-0.39, 0.29) is 11.8 Å². The van der Waals surface area contributed by atoms with E-state index in [2.05, 4.69) is 10.7 Å². The van der Waals surface area contributed by atoms with Gasteiger partial charge in [-0.1, -0.05) is 47.5 Å². The number of rotatable bonds is 5. The Morgan fingerprint density at radius 1 is 1.00 bits per heavy atom. The van der Waals surface area contributed by atoms with Crippen LogP contribution in [0.25, 0.3) is 0 Å². The lowest BCUT2D eigenvalue weighted by atomic mass is 9.98. The molecule has 2 N–H and O–H groups in total. The molecule has 6 heteroatoms. The third-order valence-corrected chi connectivity index (χ3v) is 5.53. The molecule has 6 nitrogen and oxygen atoms in total. The Balaban J connectivity index is 1.69. The molecule has 0 aliphatic carbocycles. The molecule has 162 valence electrons. The Morgan fingerprint density at radius 2 is 1.72 bits per heavy atom. The van der Waals surface area contributed by atoms with Crippen LogP contribution in [-0.2, 0) is 4.79 Å². The lowest BCUT2D eigenvalue weighted by Gasteiger charge is -2.15. The summed E-state index contributed by atoms with van der Waals surface area (Å²) < 4.78 is 6.98. The molecule has 1 aliphatic heterocycles. The highest BCUT2D eigenvalue weighted by atomic mass is 16.5. The predicted molar refractivity (Wildman–Crippen MR) is 123 cm³/mol. The van der Waals surface area contributed by atoms with Gasteiger partial charge < -0.3 is 10.1 Å². The second kappa shape index (κ2) is 9.06. The number of hydrazone groups is 1. The van der Waals surface area contributed by atoms with Gasteiger partial charge in [0, 0.05) is 16.7 Å². The van der Waals surface area contributed by atoms with Gasteiger partial charge in [-0.05, 0) is 50.2 Å². The molecule has 0 aromatic heterocycles. The number of ether oxygens (including phenoxy) is 1. The molecule has 0 saturated carbocycles. The Labute approximate surface area is 187 Å². The highest BCUT2D eigenvalue weighted by Crippen LogP contribution is 2.26. The molecule has 4 rings (SSSR count). The van der Waals surface area contributed by atoms with Crippen molar-refractivity contribution in [2.24, 2.45) is 0 Å². The molecule has 32 heavy (non-hydrogen) atoms. The van der Waals surface area contributed by atoms with Crippen LogP contribution < -0.4 is 15.5 Å². The molecule has 0 bridgehead atoms. The zero-order valence-corrected chi connectivity index (χ0v) is 18.3. The second-order valence-corrected chi connectivity index (χ2v) is 7.96. The van der Waals surface area contributed by atoms with Crippen molar-refractivity contribution in [3.05, 3.63) is 101 Å². The minimum absolute atomic E-state index is 0.263. The van der Waals surface area contributed by atoms with E-state index in [4.69, 9.17) is 4.74 Å². The Bertz CT molecular complexity index is 1170. The number of aryl methyl sites for hydroxylation is 2. The van der Waals surface area contributed by atoms with Gasteiger partial charge in [-0.25, -0.2) is 0 Å². The fourth-order valence-electron chi connectivity index (χ4n) is 3.81. The maximum Gasteiger partial charge on any atom is 0.304 e. The third-order valence-electron chi connectivity index (χ3n) is 5.53. The first-order valence-electron chi connectivity index (χ1n) is 10.5. The molecule has 1 saturated heterocycles. The van der Waals surface area contributed by atoms with E-state index in [0.29, 0.717) is 5.56 Å². The van der Waals surface area contributed by atoms with E-state index < -0.39 is 12.1 Å². The second-order valence-electron chi connectivity index (χ2n) is 7.96. The van der Waals surface area contributed by atoms with Crippen LogP contribution in [0.5, 0.6) is 5.75 Å². The van der Waals surface area contributed by atoms with Crippen molar-refractivity contribution in [3.63, 3.8) is 0 Å². The van der Waals surface area contributed by atoms with Crippen LogP contribution in [0.1, 0.15) is 38.7 Å². The summed E-state index contributed by atoms with van der Waals surface area (Å²) in [5.74, 6) is 0.213. The quantitative estimate of drug-likeness (QED) is 0.613. The van der Waals surface area contributed by atoms with Gasteiger partial charge >= 0.3 is 5.91 Å². The summed E-state index contributed by atoms with van der Waals surface area (Å²) in [6, 6.07) is 21.7. The molecule has 0 spiro atoms. The van der Waals surface area contributed by atoms with Crippen LogP contribution in [0.3, 0.4) is 0 Å². The van der Waals surface area contributed by atoms with E-state index in [0.717, 1.165) is 28.0 Å². The van der Waals surface area contributed by atoms with E-state index in [1.165, 1.54) is 0 Å². The summed E-state index contributed by atoms with van der Waals surface area (Å²) >= 11 is 0. The first-order chi connectivity index (χ1) is 15.4. The number of methoxy groups -OCH3 is 1. The zero-order chi connectivity index (χ0) is 22.7. The Kier molecular flexibility index (Phi) is 6.03.